The number of likely N-dealkylation sites (tertiary alicyclic amines) is 1. The first-order valence-electron chi connectivity index (χ1n) is 8.43. The SMILES string of the molecule is CCCNC1CCOCC1N1CCCCCC1CC. The van der Waals surface area contributed by atoms with E-state index in [1.165, 1.54) is 51.5 Å². The fourth-order valence-electron chi connectivity index (χ4n) is 3.69. The van der Waals surface area contributed by atoms with Crippen molar-refractivity contribution < 1.29 is 4.74 Å². The van der Waals surface area contributed by atoms with Crippen LogP contribution in [0, 0.1) is 0 Å². The van der Waals surface area contributed by atoms with Crippen LogP contribution in [-0.2, 0) is 4.74 Å². The van der Waals surface area contributed by atoms with Gasteiger partial charge in [0.15, 0.2) is 0 Å². The summed E-state index contributed by atoms with van der Waals surface area (Å²) >= 11 is 0. The van der Waals surface area contributed by atoms with Crippen LogP contribution in [0.5, 0.6) is 0 Å². The van der Waals surface area contributed by atoms with Gasteiger partial charge in [-0.3, -0.25) is 4.90 Å². The predicted molar refractivity (Wildman–Crippen MR) is 80.6 cm³/mol. The summed E-state index contributed by atoms with van der Waals surface area (Å²) < 4.78 is 5.80. The van der Waals surface area contributed by atoms with E-state index in [0.717, 1.165) is 25.8 Å². The Bertz CT molecular complexity index is 247. The van der Waals surface area contributed by atoms with Gasteiger partial charge in [0.1, 0.15) is 0 Å². The molecule has 3 nitrogen and oxygen atoms in total. The Morgan fingerprint density at radius 2 is 2.05 bits per heavy atom. The Kier molecular flexibility index (Phi) is 6.62. The third-order valence-electron chi connectivity index (χ3n) is 4.80. The summed E-state index contributed by atoms with van der Waals surface area (Å²) in [7, 11) is 0. The van der Waals surface area contributed by atoms with E-state index in [1.54, 1.807) is 0 Å². The molecule has 0 amide bonds. The number of rotatable bonds is 5. The van der Waals surface area contributed by atoms with E-state index in [9.17, 15) is 0 Å². The minimum Gasteiger partial charge on any atom is -0.380 e. The van der Waals surface area contributed by atoms with E-state index in [4.69, 9.17) is 4.74 Å². The summed E-state index contributed by atoms with van der Waals surface area (Å²) in [4.78, 5) is 2.78. The molecule has 0 spiro atoms. The lowest BCUT2D eigenvalue weighted by molar-refractivity contribution is -0.0194. The lowest BCUT2D eigenvalue weighted by Crippen LogP contribution is -2.58. The van der Waals surface area contributed by atoms with Gasteiger partial charge in [-0.2, -0.15) is 0 Å². The second kappa shape index (κ2) is 8.23. The molecule has 3 unspecified atom stereocenters. The Morgan fingerprint density at radius 3 is 2.84 bits per heavy atom. The predicted octanol–water partition coefficient (Wildman–Crippen LogP) is 2.80. The molecule has 0 aromatic heterocycles. The summed E-state index contributed by atoms with van der Waals surface area (Å²) in [5, 5.41) is 3.76. The highest BCUT2D eigenvalue weighted by Crippen LogP contribution is 2.25. The topological polar surface area (TPSA) is 24.5 Å². The highest BCUT2D eigenvalue weighted by atomic mass is 16.5. The first-order valence-corrected chi connectivity index (χ1v) is 8.43. The van der Waals surface area contributed by atoms with E-state index in [0.29, 0.717) is 12.1 Å². The average molecular weight is 268 g/mol. The molecule has 0 saturated carbocycles. The number of hydrogen-bond acceptors (Lipinski definition) is 3. The van der Waals surface area contributed by atoms with Crippen molar-refractivity contribution in [3.63, 3.8) is 0 Å². The van der Waals surface area contributed by atoms with Crippen molar-refractivity contribution in [3.8, 4) is 0 Å². The van der Waals surface area contributed by atoms with Crippen LogP contribution in [0.3, 0.4) is 0 Å². The molecule has 1 N–H and O–H groups in total. The maximum atomic E-state index is 5.80. The first-order chi connectivity index (χ1) is 9.36. The first kappa shape index (κ1) is 15.3. The lowest BCUT2D eigenvalue weighted by atomic mass is 9.98. The van der Waals surface area contributed by atoms with Gasteiger partial charge in [0, 0.05) is 24.7 Å². The van der Waals surface area contributed by atoms with Gasteiger partial charge in [-0.1, -0.05) is 26.7 Å². The maximum absolute atomic E-state index is 5.80. The largest absolute Gasteiger partial charge is 0.380 e. The van der Waals surface area contributed by atoms with Crippen LogP contribution in [-0.4, -0.2) is 49.3 Å². The van der Waals surface area contributed by atoms with Crippen LogP contribution in [0.15, 0.2) is 0 Å². The monoisotopic (exact) mass is 268 g/mol. The van der Waals surface area contributed by atoms with Crippen LogP contribution in [0.25, 0.3) is 0 Å². The summed E-state index contributed by atoms with van der Waals surface area (Å²) in [6.45, 7) is 8.88. The zero-order chi connectivity index (χ0) is 13.5. The summed E-state index contributed by atoms with van der Waals surface area (Å²) in [5.74, 6) is 0. The zero-order valence-corrected chi connectivity index (χ0v) is 12.9. The molecule has 0 aliphatic carbocycles. The van der Waals surface area contributed by atoms with Crippen molar-refractivity contribution in [2.24, 2.45) is 0 Å². The molecule has 3 atom stereocenters. The average Bonchev–Trinajstić information content (AvgIpc) is 2.70. The van der Waals surface area contributed by atoms with Crippen LogP contribution >= 0.6 is 0 Å². The van der Waals surface area contributed by atoms with Crippen molar-refractivity contribution >= 4 is 0 Å². The van der Waals surface area contributed by atoms with Crippen molar-refractivity contribution in [1.82, 2.24) is 10.2 Å². The molecular weight excluding hydrogens is 236 g/mol. The van der Waals surface area contributed by atoms with Crippen LogP contribution in [0.2, 0.25) is 0 Å². The van der Waals surface area contributed by atoms with Gasteiger partial charge in [0.2, 0.25) is 0 Å². The molecule has 2 saturated heterocycles. The number of ether oxygens (including phenoxy) is 1. The van der Waals surface area contributed by atoms with Gasteiger partial charge in [0.05, 0.1) is 6.61 Å². The molecule has 0 aromatic rings. The number of nitrogens with one attached hydrogen (secondary N) is 1. The molecule has 2 aliphatic rings. The molecule has 2 heterocycles. The van der Waals surface area contributed by atoms with Crippen LogP contribution in [0.4, 0.5) is 0 Å². The third kappa shape index (κ3) is 4.17. The molecule has 0 radical (unpaired) electrons. The molecular formula is C16H32N2O. The summed E-state index contributed by atoms with van der Waals surface area (Å²) in [6.07, 6.45) is 9.26. The molecule has 2 aliphatic heterocycles. The lowest BCUT2D eigenvalue weighted by Gasteiger charge is -2.43. The minimum atomic E-state index is 0.600. The normalized spacial score (nSPS) is 34.1. The molecule has 19 heavy (non-hydrogen) atoms. The van der Waals surface area contributed by atoms with Crippen LogP contribution in [0.1, 0.15) is 58.8 Å². The van der Waals surface area contributed by atoms with E-state index in [1.807, 2.05) is 0 Å². The number of nitrogens with zero attached hydrogens (tertiary/aromatic N) is 1. The zero-order valence-electron chi connectivity index (χ0n) is 12.9. The Hall–Kier alpha value is -0.120. The van der Waals surface area contributed by atoms with Crippen molar-refractivity contribution in [2.75, 3.05) is 26.3 Å². The summed E-state index contributed by atoms with van der Waals surface area (Å²) in [6, 6.07) is 2.02. The molecule has 0 bridgehead atoms. The van der Waals surface area contributed by atoms with Gasteiger partial charge >= 0.3 is 0 Å². The summed E-state index contributed by atoms with van der Waals surface area (Å²) in [5.41, 5.74) is 0. The Labute approximate surface area is 119 Å². The van der Waals surface area contributed by atoms with E-state index in [2.05, 4.69) is 24.1 Å². The van der Waals surface area contributed by atoms with Crippen LogP contribution < -0.4 is 5.32 Å². The maximum Gasteiger partial charge on any atom is 0.0637 e. The molecule has 112 valence electrons. The van der Waals surface area contributed by atoms with Crippen molar-refractivity contribution in [3.05, 3.63) is 0 Å². The van der Waals surface area contributed by atoms with Crippen molar-refractivity contribution in [1.29, 1.82) is 0 Å². The van der Waals surface area contributed by atoms with Gasteiger partial charge in [0.25, 0.3) is 0 Å². The standard InChI is InChI=1S/C16H32N2O/c1-3-10-17-15-9-12-19-13-16(15)18-11-7-5-6-8-14(18)4-2/h14-17H,3-13H2,1-2H3. The Morgan fingerprint density at radius 1 is 1.16 bits per heavy atom. The number of hydrogen-bond donors (Lipinski definition) is 1. The highest BCUT2D eigenvalue weighted by Gasteiger charge is 2.34. The van der Waals surface area contributed by atoms with Crippen molar-refractivity contribution in [2.45, 2.75) is 76.9 Å². The van der Waals surface area contributed by atoms with E-state index < -0.39 is 0 Å². The quantitative estimate of drug-likeness (QED) is 0.830. The van der Waals surface area contributed by atoms with Gasteiger partial charge < -0.3 is 10.1 Å². The smallest absolute Gasteiger partial charge is 0.0637 e. The minimum absolute atomic E-state index is 0.600. The third-order valence-corrected chi connectivity index (χ3v) is 4.80. The van der Waals surface area contributed by atoms with E-state index in [-0.39, 0.29) is 0 Å². The molecule has 3 heteroatoms. The van der Waals surface area contributed by atoms with Gasteiger partial charge in [-0.05, 0) is 45.2 Å². The fourth-order valence-corrected chi connectivity index (χ4v) is 3.69. The highest BCUT2D eigenvalue weighted by molar-refractivity contribution is 4.91. The van der Waals surface area contributed by atoms with E-state index >= 15 is 0 Å². The second-order valence-electron chi connectivity index (χ2n) is 6.14. The molecule has 2 rings (SSSR count). The molecule has 2 fully saturated rings. The fraction of sp³-hybridized carbons (Fsp3) is 1.00. The molecule has 0 aromatic carbocycles. The van der Waals surface area contributed by atoms with Gasteiger partial charge in [-0.15, -0.1) is 0 Å². The Balaban J connectivity index is 2.01. The van der Waals surface area contributed by atoms with Gasteiger partial charge in [-0.25, -0.2) is 0 Å². The second-order valence-corrected chi connectivity index (χ2v) is 6.14.